The molecule has 8 heteroatoms. The number of hydrogen-bond acceptors (Lipinski definition) is 6. The van der Waals surface area contributed by atoms with Gasteiger partial charge in [0.2, 0.25) is 0 Å². The monoisotopic (exact) mass is 390 g/mol. The molecule has 6 nitrogen and oxygen atoms in total. The van der Waals surface area contributed by atoms with Crippen LogP contribution in [0.3, 0.4) is 0 Å². The molecule has 26 heavy (non-hydrogen) atoms. The number of aromatic nitrogens is 2. The van der Waals surface area contributed by atoms with Crippen LogP contribution in [0, 0.1) is 6.92 Å². The van der Waals surface area contributed by atoms with Crippen molar-refractivity contribution in [1.29, 1.82) is 0 Å². The number of nitrogens with one attached hydrogen (secondary N) is 2. The Labute approximate surface area is 160 Å². The van der Waals surface area contributed by atoms with Gasteiger partial charge >= 0.3 is 0 Å². The standard InChI is InChI=1S/C18H19ClN4O2S/c1-10-5-6-11(7-12(10)19)20-17-21-13(9-26-17)16(24)22-15-8-14(25-23-15)18(2,3)4/h5-9H,1-4H3,(H,20,21)(H,22,23,24). The summed E-state index contributed by atoms with van der Waals surface area (Å²) in [7, 11) is 0. The minimum atomic E-state index is -0.343. The molecule has 1 aromatic carbocycles. The molecule has 0 radical (unpaired) electrons. The molecule has 2 N–H and O–H groups in total. The highest BCUT2D eigenvalue weighted by Gasteiger charge is 2.21. The number of amides is 1. The molecule has 136 valence electrons. The second-order valence-electron chi connectivity index (χ2n) is 6.91. The quantitative estimate of drug-likeness (QED) is 0.624. The van der Waals surface area contributed by atoms with Crippen LogP contribution < -0.4 is 10.6 Å². The second-order valence-corrected chi connectivity index (χ2v) is 8.17. The van der Waals surface area contributed by atoms with Gasteiger partial charge in [-0.25, -0.2) is 4.98 Å². The number of benzene rings is 1. The first-order valence-electron chi connectivity index (χ1n) is 7.99. The molecule has 0 saturated heterocycles. The maximum Gasteiger partial charge on any atom is 0.276 e. The summed E-state index contributed by atoms with van der Waals surface area (Å²) in [5.74, 6) is 0.724. The fourth-order valence-electron chi connectivity index (χ4n) is 2.10. The lowest BCUT2D eigenvalue weighted by Crippen LogP contribution is -2.13. The molecule has 0 atom stereocenters. The highest BCUT2D eigenvalue weighted by Crippen LogP contribution is 2.26. The SMILES string of the molecule is Cc1ccc(Nc2nc(C(=O)Nc3cc(C(C)(C)C)on3)cs2)cc1Cl. The van der Waals surface area contributed by atoms with Gasteiger partial charge in [-0.3, -0.25) is 4.79 Å². The predicted octanol–water partition coefficient (Wildman–Crippen LogP) is 5.39. The lowest BCUT2D eigenvalue weighted by molar-refractivity contribution is 0.102. The van der Waals surface area contributed by atoms with E-state index in [1.54, 1.807) is 11.4 Å². The van der Waals surface area contributed by atoms with E-state index in [1.807, 2.05) is 45.9 Å². The molecule has 2 heterocycles. The first kappa shape index (κ1) is 18.4. The summed E-state index contributed by atoms with van der Waals surface area (Å²) in [6, 6.07) is 7.37. The van der Waals surface area contributed by atoms with E-state index in [1.165, 1.54) is 11.3 Å². The molecule has 0 bridgehead atoms. The van der Waals surface area contributed by atoms with E-state index >= 15 is 0 Å². The van der Waals surface area contributed by atoms with Crippen LogP contribution in [0.15, 0.2) is 34.2 Å². The number of hydrogen-bond donors (Lipinski definition) is 2. The fraction of sp³-hybridized carbons (Fsp3) is 0.278. The van der Waals surface area contributed by atoms with Gasteiger partial charge in [-0.2, -0.15) is 0 Å². The van der Waals surface area contributed by atoms with E-state index < -0.39 is 0 Å². The first-order chi connectivity index (χ1) is 12.2. The van der Waals surface area contributed by atoms with Gasteiger partial charge in [-0.1, -0.05) is 43.6 Å². The molecular weight excluding hydrogens is 372 g/mol. The normalized spacial score (nSPS) is 11.4. The van der Waals surface area contributed by atoms with Crippen molar-refractivity contribution in [2.45, 2.75) is 33.1 Å². The number of carbonyl (C=O) groups excluding carboxylic acids is 1. The van der Waals surface area contributed by atoms with Crippen LogP contribution in [-0.4, -0.2) is 16.0 Å². The minimum absolute atomic E-state index is 0.178. The molecule has 0 saturated carbocycles. The topological polar surface area (TPSA) is 80.0 Å². The van der Waals surface area contributed by atoms with Crippen LogP contribution in [-0.2, 0) is 5.41 Å². The Morgan fingerprint density at radius 2 is 2.04 bits per heavy atom. The van der Waals surface area contributed by atoms with Crippen molar-refractivity contribution < 1.29 is 9.32 Å². The Morgan fingerprint density at radius 1 is 1.27 bits per heavy atom. The summed E-state index contributed by atoms with van der Waals surface area (Å²) in [6.45, 7) is 7.96. The van der Waals surface area contributed by atoms with Gasteiger partial charge in [-0.15, -0.1) is 11.3 Å². The van der Waals surface area contributed by atoms with Crippen LogP contribution in [0.1, 0.15) is 42.6 Å². The van der Waals surface area contributed by atoms with Crippen LogP contribution in [0.2, 0.25) is 5.02 Å². The van der Waals surface area contributed by atoms with E-state index in [-0.39, 0.29) is 11.3 Å². The number of carbonyl (C=O) groups is 1. The van der Waals surface area contributed by atoms with Gasteiger partial charge in [0.05, 0.1) is 0 Å². The van der Waals surface area contributed by atoms with E-state index in [4.69, 9.17) is 16.1 Å². The maximum atomic E-state index is 12.3. The Balaban J connectivity index is 1.68. The van der Waals surface area contributed by atoms with E-state index in [0.717, 1.165) is 11.3 Å². The van der Waals surface area contributed by atoms with Gasteiger partial charge < -0.3 is 15.2 Å². The van der Waals surface area contributed by atoms with Gasteiger partial charge in [0, 0.05) is 27.6 Å². The van der Waals surface area contributed by atoms with Gasteiger partial charge in [0.1, 0.15) is 11.5 Å². The van der Waals surface area contributed by atoms with Gasteiger partial charge in [0.25, 0.3) is 5.91 Å². The molecule has 0 aliphatic rings. The summed E-state index contributed by atoms with van der Waals surface area (Å²) in [5.41, 5.74) is 1.94. The molecule has 1 amide bonds. The molecule has 0 aliphatic heterocycles. The van der Waals surface area contributed by atoms with Crippen molar-refractivity contribution >= 4 is 45.5 Å². The number of anilines is 3. The van der Waals surface area contributed by atoms with Crippen molar-refractivity contribution in [3.63, 3.8) is 0 Å². The molecule has 3 rings (SSSR count). The molecule has 3 aromatic rings. The van der Waals surface area contributed by atoms with Crippen molar-refractivity contribution in [3.8, 4) is 0 Å². The number of thiazole rings is 1. The highest BCUT2D eigenvalue weighted by atomic mass is 35.5. The van der Waals surface area contributed by atoms with Gasteiger partial charge in [0.15, 0.2) is 10.9 Å². The molecule has 2 aromatic heterocycles. The lowest BCUT2D eigenvalue weighted by Gasteiger charge is -2.11. The third-order valence-corrected chi connectivity index (χ3v) is 4.82. The molecular formula is C18H19ClN4O2S. The van der Waals surface area contributed by atoms with E-state index in [9.17, 15) is 4.79 Å². The van der Waals surface area contributed by atoms with Crippen molar-refractivity contribution in [2.24, 2.45) is 0 Å². The van der Waals surface area contributed by atoms with Crippen molar-refractivity contribution in [3.05, 3.63) is 51.7 Å². The second kappa shape index (κ2) is 7.09. The Kier molecular flexibility index (Phi) is 5.02. The molecule has 0 aliphatic carbocycles. The van der Waals surface area contributed by atoms with Crippen LogP contribution in [0.4, 0.5) is 16.6 Å². The highest BCUT2D eigenvalue weighted by molar-refractivity contribution is 7.14. The number of nitrogens with zero attached hydrogens (tertiary/aromatic N) is 2. The predicted molar refractivity (Wildman–Crippen MR) is 105 cm³/mol. The fourth-order valence-corrected chi connectivity index (χ4v) is 2.99. The van der Waals surface area contributed by atoms with E-state index in [0.29, 0.717) is 27.4 Å². The lowest BCUT2D eigenvalue weighted by atomic mass is 9.93. The van der Waals surface area contributed by atoms with Crippen LogP contribution in [0.25, 0.3) is 0 Å². The zero-order chi connectivity index (χ0) is 18.9. The van der Waals surface area contributed by atoms with Crippen molar-refractivity contribution in [2.75, 3.05) is 10.6 Å². The number of rotatable bonds is 4. The van der Waals surface area contributed by atoms with Gasteiger partial charge in [-0.05, 0) is 24.6 Å². The smallest absolute Gasteiger partial charge is 0.276 e. The minimum Gasteiger partial charge on any atom is -0.359 e. The molecule has 0 unspecified atom stereocenters. The zero-order valence-electron chi connectivity index (χ0n) is 14.9. The summed E-state index contributed by atoms with van der Waals surface area (Å²) in [4.78, 5) is 16.6. The average molecular weight is 391 g/mol. The molecule has 0 fully saturated rings. The Hall–Kier alpha value is -2.38. The number of halogens is 1. The third kappa shape index (κ3) is 4.23. The first-order valence-corrected chi connectivity index (χ1v) is 9.25. The number of aryl methyl sites for hydroxylation is 1. The Bertz CT molecular complexity index is 943. The summed E-state index contributed by atoms with van der Waals surface area (Å²) < 4.78 is 5.26. The Morgan fingerprint density at radius 3 is 2.69 bits per heavy atom. The summed E-state index contributed by atoms with van der Waals surface area (Å²) >= 11 is 7.46. The zero-order valence-corrected chi connectivity index (χ0v) is 16.5. The summed E-state index contributed by atoms with van der Waals surface area (Å²) in [5, 5.41) is 12.7. The average Bonchev–Trinajstić information content (AvgIpc) is 3.20. The third-order valence-electron chi connectivity index (χ3n) is 3.65. The van der Waals surface area contributed by atoms with E-state index in [2.05, 4.69) is 20.8 Å². The summed E-state index contributed by atoms with van der Waals surface area (Å²) in [6.07, 6.45) is 0. The van der Waals surface area contributed by atoms with Crippen LogP contribution in [0.5, 0.6) is 0 Å². The molecule has 0 spiro atoms. The van der Waals surface area contributed by atoms with Crippen LogP contribution >= 0.6 is 22.9 Å². The largest absolute Gasteiger partial charge is 0.359 e. The maximum absolute atomic E-state index is 12.3. The van der Waals surface area contributed by atoms with Crippen molar-refractivity contribution in [1.82, 2.24) is 10.1 Å².